The number of ketones is 2. The molecule has 272 valence electrons. The molecular weight excluding hydrogens is 689 g/mol. The molecule has 2 amide bonds. The van der Waals surface area contributed by atoms with Gasteiger partial charge in [-0.2, -0.15) is 0 Å². The van der Waals surface area contributed by atoms with Crippen LogP contribution in [0.2, 0.25) is 0 Å². The second-order valence-corrected chi connectivity index (χ2v) is 14.7. The quantitative estimate of drug-likeness (QED) is 0.129. The van der Waals surface area contributed by atoms with Crippen molar-refractivity contribution < 1.29 is 29.0 Å². The van der Waals surface area contributed by atoms with Crippen molar-refractivity contribution in [3.63, 3.8) is 0 Å². The number of hydrogen-bond donors (Lipinski definition) is 2. The summed E-state index contributed by atoms with van der Waals surface area (Å²) >= 11 is 0. The van der Waals surface area contributed by atoms with Crippen LogP contribution in [0.25, 0.3) is 5.57 Å². The van der Waals surface area contributed by atoms with Gasteiger partial charge in [0.15, 0.2) is 11.6 Å². The number of imide groups is 1. The standard InChI is InChI=1S/C47H38N2O6/c1-55-39-19-11-18-38(50)42(39)43-33-24-25-34-41(46(54)49(45(34)53)32-22-20-31(21-23-32)48-30-16-9-4-10-17-30)36(33)26-37-44(52)35(28-12-5-2-6-13-28)27-40(51)47(37,43)29-14-7-3-8-15-29/h2-24,27,34,36-37,41,43,48,50H,25-26H2,1H3. The number of nitrogens with one attached hydrogen (secondary N) is 1. The van der Waals surface area contributed by atoms with E-state index >= 15 is 9.59 Å². The van der Waals surface area contributed by atoms with Crippen molar-refractivity contribution in [2.45, 2.75) is 24.2 Å². The predicted octanol–water partition coefficient (Wildman–Crippen LogP) is 8.17. The fourth-order valence-electron chi connectivity index (χ4n) is 9.83. The summed E-state index contributed by atoms with van der Waals surface area (Å²) in [5, 5.41) is 15.1. The molecule has 5 aromatic rings. The molecule has 55 heavy (non-hydrogen) atoms. The Hall–Kier alpha value is -6.54. The number of fused-ring (bicyclic) bond motifs is 4. The lowest BCUT2D eigenvalue weighted by molar-refractivity contribution is -0.135. The van der Waals surface area contributed by atoms with Crippen molar-refractivity contribution in [1.29, 1.82) is 0 Å². The first-order valence-corrected chi connectivity index (χ1v) is 18.6. The van der Waals surface area contributed by atoms with Crippen LogP contribution in [-0.2, 0) is 24.6 Å². The summed E-state index contributed by atoms with van der Waals surface area (Å²) in [6.07, 6.45) is 3.88. The second kappa shape index (κ2) is 13.4. The third-order valence-corrected chi connectivity index (χ3v) is 12.1. The van der Waals surface area contributed by atoms with E-state index in [9.17, 15) is 14.7 Å². The SMILES string of the molecule is COc1cccc(O)c1C1C2=CCC3C(=O)N(c4ccc(Nc5ccccc5)cc4)C(=O)C3C2CC2C(=O)C(c3ccccc3)=CC(=O)C21c1ccccc1. The van der Waals surface area contributed by atoms with Gasteiger partial charge in [0.1, 0.15) is 11.5 Å². The minimum atomic E-state index is -1.48. The van der Waals surface area contributed by atoms with Crippen LogP contribution in [0.1, 0.15) is 35.4 Å². The van der Waals surface area contributed by atoms with Crippen molar-refractivity contribution in [3.05, 3.63) is 168 Å². The number of amides is 2. The van der Waals surface area contributed by atoms with E-state index in [1.807, 2.05) is 109 Å². The molecule has 4 aliphatic rings. The monoisotopic (exact) mass is 726 g/mol. The van der Waals surface area contributed by atoms with Gasteiger partial charge in [0.2, 0.25) is 11.8 Å². The molecular formula is C47H38N2O6. The van der Waals surface area contributed by atoms with Gasteiger partial charge in [-0.1, -0.05) is 96.6 Å². The fraction of sp³-hybridized carbons (Fsp3) is 0.191. The number of para-hydroxylation sites is 1. The van der Waals surface area contributed by atoms with Crippen LogP contribution in [0.3, 0.4) is 0 Å². The van der Waals surface area contributed by atoms with Gasteiger partial charge in [0.05, 0.1) is 30.0 Å². The molecule has 0 aromatic heterocycles. The first kappa shape index (κ1) is 34.2. The molecule has 9 rings (SSSR count). The van der Waals surface area contributed by atoms with Crippen molar-refractivity contribution in [2.24, 2.45) is 23.7 Å². The first-order valence-electron chi connectivity index (χ1n) is 18.6. The molecule has 1 heterocycles. The smallest absolute Gasteiger partial charge is 0.238 e. The molecule has 5 aromatic carbocycles. The Kier molecular flexibility index (Phi) is 8.34. The number of aromatic hydroxyl groups is 1. The number of phenolic OH excluding ortho intramolecular Hbond substituents is 1. The van der Waals surface area contributed by atoms with Crippen LogP contribution >= 0.6 is 0 Å². The van der Waals surface area contributed by atoms with E-state index in [4.69, 9.17) is 4.74 Å². The summed E-state index contributed by atoms with van der Waals surface area (Å²) in [6.45, 7) is 0. The van der Waals surface area contributed by atoms with Gasteiger partial charge < -0.3 is 15.2 Å². The molecule has 2 N–H and O–H groups in total. The van der Waals surface area contributed by atoms with E-state index in [2.05, 4.69) is 5.32 Å². The molecule has 1 saturated heterocycles. The average molecular weight is 727 g/mol. The van der Waals surface area contributed by atoms with Crippen LogP contribution in [0.15, 0.2) is 151 Å². The summed E-state index contributed by atoms with van der Waals surface area (Å²) in [5.74, 6) is -4.67. The molecule has 0 spiro atoms. The largest absolute Gasteiger partial charge is 0.508 e. The second-order valence-electron chi connectivity index (χ2n) is 14.7. The van der Waals surface area contributed by atoms with Crippen molar-refractivity contribution in [1.82, 2.24) is 0 Å². The van der Waals surface area contributed by atoms with Crippen LogP contribution in [0, 0.1) is 23.7 Å². The molecule has 1 saturated carbocycles. The molecule has 6 unspecified atom stereocenters. The summed E-state index contributed by atoms with van der Waals surface area (Å²) in [6, 6.07) is 40.4. The van der Waals surface area contributed by atoms with Crippen LogP contribution < -0.4 is 15.0 Å². The summed E-state index contributed by atoms with van der Waals surface area (Å²) < 4.78 is 5.89. The van der Waals surface area contributed by atoms with Gasteiger partial charge in [-0.15, -0.1) is 0 Å². The van der Waals surface area contributed by atoms with Crippen molar-refractivity contribution in [2.75, 3.05) is 17.3 Å². The Morgan fingerprint density at radius 1 is 0.727 bits per heavy atom. The lowest BCUT2D eigenvalue weighted by Gasteiger charge is -2.55. The van der Waals surface area contributed by atoms with E-state index in [0.717, 1.165) is 16.9 Å². The number of carbonyl (C=O) groups is 4. The van der Waals surface area contributed by atoms with E-state index in [0.29, 0.717) is 33.7 Å². The lowest BCUT2D eigenvalue weighted by atomic mass is 9.44. The van der Waals surface area contributed by atoms with E-state index in [1.165, 1.54) is 18.1 Å². The van der Waals surface area contributed by atoms with Gasteiger partial charge >= 0.3 is 0 Å². The lowest BCUT2D eigenvalue weighted by Crippen LogP contribution is -2.58. The predicted molar refractivity (Wildman–Crippen MR) is 210 cm³/mol. The average Bonchev–Trinajstić information content (AvgIpc) is 3.48. The topological polar surface area (TPSA) is 113 Å². The van der Waals surface area contributed by atoms with Crippen molar-refractivity contribution >= 4 is 46.0 Å². The minimum absolute atomic E-state index is 0.0835. The summed E-state index contributed by atoms with van der Waals surface area (Å²) in [5.41, 5.74) is 3.41. The van der Waals surface area contributed by atoms with Gasteiger partial charge in [-0.05, 0) is 84.5 Å². The molecule has 0 bridgehead atoms. The number of allylic oxidation sites excluding steroid dienone is 4. The van der Waals surface area contributed by atoms with Crippen molar-refractivity contribution in [3.8, 4) is 11.5 Å². The number of carbonyl (C=O) groups excluding carboxylic acids is 4. The van der Waals surface area contributed by atoms with Crippen LogP contribution in [0.4, 0.5) is 17.1 Å². The number of nitrogens with zero attached hydrogens (tertiary/aromatic N) is 1. The third-order valence-electron chi connectivity index (χ3n) is 12.1. The van der Waals surface area contributed by atoms with Gasteiger partial charge in [-0.3, -0.25) is 24.1 Å². The Bertz CT molecular complexity index is 2410. The number of ether oxygens (including phenoxy) is 1. The summed E-state index contributed by atoms with van der Waals surface area (Å²) in [4.78, 5) is 60.8. The zero-order chi connectivity index (χ0) is 37.8. The number of Topliss-reactive ketones (excluding diaryl/α,β-unsaturated/α-hetero) is 1. The third kappa shape index (κ3) is 5.27. The Morgan fingerprint density at radius 3 is 2.07 bits per heavy atom. The maximum Gasteiger partial charge on any atom is 0.238 e. The molecule has 2 fully saturated rings. The number of hydrogen-bond acceptors (Lipinski definition) is 7. The minimum Gasteiger partial charge on any atom is -0.508 e. The number of phenols is 1. The highest BCUT2D eigenvalue weighted by Crippen LogP contribution is 2.65. The van der Waals surface area contributed by atoms with E-state index in [-0.39, 0.29) is 42.0 Å². The van der Waals surface area contributed by atoms with Gasteiger partial charge in [-0.25, -0.2) is 0 Å². The van der Waals surface area contributed by atoms with Crippen LogP contribution in [-0.4, -0.2) is 35.6 Å². The molecule has 8 heteroatoms. The Balaban J connectivity index is 1.19. The highest BCUT2D eigenvalue weighted by Gasteiger charge is 2.66. The number of anilines is 3. The van der Waals surface area contributed by atoms with Crippen LogP contribution in [0.5, 0.6) is 11.5 Å². The first-order chi connectivity index (χ1) is 26.8. The van der Waals surface area contributed by atoms with Gasteiger partial charge in [0, 0.05) is 34.3 Å². The fourth-order valence-corrected chi connectivity index (χ4v) is 9.83. The maximum absolute atomic E-state index is 15.3. The zero-order valence-corrected chi connectivity index (χ0v) is 30.1. The Labute approximate surface area is 318 Å². The highest BCUT2D eigenvalue weighted by molar-refractivity contribution is 6.32. The highest BCUT2D eigenvalue weighted by atomic mass is 16.5. The maximum atomic E-state index is 15.3. The number of rotatable bonds is 7. The molecule has 0 radical (unpaired) electrons. The zero-order valence-electron chi connectivity index (χ0n) is 30.1. The van der Waals surface area contributed by atoms with E-state index in [1.54, 1.807) is 30.3 Å². The van der Waals surface area contributed by atoms with Gasteiger partial charge in [0.25, 0.3) is 0 Å². The molecule has 1 aliphatic heterocycles. The van der Waals surface area contributed by atoms with E-state index < -0.39 is 35.0 Å². The molecule has 3 aliphatic carbocycles. The number of methoxy groups -OCH3 is 1. The molecule has 8 nitrogen and oxygen atoms in total. The number of benzene rings is 5. The Morgan fingerprint density at radius 2 is 1.38 bits per heavy atom. The normalized spacial score (nSPS) is 25.7. The summed E-state index contributed by atoms with van der Waals surface area (Å²) in [7, 11) is 1.51. The molecule has 6 atom stereocenters.